The minimum absolute atomic E-state index is 0.880. The molecule has 0 aliphatic carbocycles. The fourth-order valence-corrected chi connectivity index (χ4v) is 3.67. The Kier molecular flexibility index (Phi) is 4.22. The second-order valence-corrected chi connectivity index (χ2v) is 6.75. The number of benzene rings is 4. The zero-order valence-corrected chi connectivity index (χ0v) is 15.4. The summed E-state index contributed by atoms with van der Waals surface area (Å²) >= 11 is 0. The number of ether oxygens (including phenoxy) is 1. The molecule has 4 aromatic carbocycles. The Balaban J connectivity index is 1.93. The molecule has 0 spiro atoms. The van der Waals surface area contributed by atoms with Crippen molar-refractivity contribution >= 4 is 10.8 Å². The molecule has 0 amide bonds. The summed E-state index contributed by atoms with van der Waals surface area (Å²) in [6, 6.07) is 28.1. The van der Waals surface area contributed by atoms with E-state index in [4.69, 9.17) is 4.74 Å². The maximum atomic E-state index is 5.29. The van der Waals surface area contributed by atoms with Crippen LogP contribution in [0.3, 0.4) is 0 Å². The highest BCUT2D eigenvalue weighted by molar-refractivity contribution is 6.05. The van der Waals surface area contributed by atoms with Crippen molar-refractivity contribution in [2.45, 2.75) is 13.8 Å². The van der Waals surface area contributed by atoms with Crippen LogP contribution in [0.1, 0.15) is 11.1 Å². The van der Waals surface area contributed by atoms with Gasteiger partial charge in [0.15, 0.2) is 0 Å². The highest BCUT2D eigenvalue weighted by Gasteiger charge is 2.11. The third-order valence-corrected chi connectivity index (χ3v) is 5.00. The number of fused-ring (bicyclic) bond motifs is 1. The van der Waals surface area contributed by atoms with E-state index in [9.17, 15) is 0 Å². The molecule has 0 saturated carbocycles. The highest BCUT2D eigenvalue weighted by atomic mass is 16.5. The summed E-state index contributed by atoms with van der Waals surface area (Å²) in [5.74, 6) is 0.880. The normalized spacial score (nSPS) is 10.9. The standard InChI is InChI=1S/C25H22O/c1-17-8-13-21(18(2)16-17)25-15-14-22(23-6-4-5-7-24(23)25)19-9-11-20(26-3)12-10-19/h4-16H,1-3H3. The molecule has 1 heteroatoms. The topological polar surface area (TPSA) is 9.23 Å². The van der Waals surface area contributed by atoms with Crippen LogP contribution in [0.15, 0.2) is 78.9 Å². The molecular weight excluding hydrogens is 316 g/mol. The van der Waals surface area contributed by atoms with Gasteiger partial charge in [0.2, 0.25) is 0 Å². The van der Waals surface area contributed by atoms with Crippen molar-refractivity contribution in [3.8, 4) is 28.0 Å². The van der Waals surface area contributed by atoms with E-state index in [1.54, 1.807) is 7.11 Å². The number of hydrogen-bond acceptors (Lipinski definition) is 1. The Morgan fingerprint density at radius 2 is 1.23 bits per heavy atom. The molecular formula is C25H22O. The Morgan fingerprint density at radius 1 is 0.615 bits per heavy atom. The molecule has 0 N–H and O–H groups in total. The lowest BCUT2D eigenvalue weighted by molar-refractivity contribution is 0.415. The van der Waals surface area contributed by atoms with Crippen LogP contribution in [-0.2, 0) is 0 Å². The molecule has 0 bridgehead atoms. The Labute approximate surface area is 154 Å². The van der Waals surface area contributed by atoms with Gasteiger partial charge in [-0.15, -0.1) is 0 Å². The Bertz CT molecular complexity index is 1080. The van der Waals surface area contributed by atoms with E-state index in [2.05, 4.69) is 80.6 Å². The van der Waals surface area contributed by atoms with Gasteiger partial charge in [-0.3, -0.25) is 0 Å². The van der Waals surface area contributed by atoms with Crippen molar-refractivity contribution < 1.29 is 4.74 Å². The van der Waals surface area contributed by atoms with Crippen molar-refractivity contribution in [1.29, 1.82) is 0 Å². The molecule has 26 heavy (non-hydrogen) atoms. The van der Waals surface area contributed by atoms with Gasteiger partial charge in [0, 0.05) is 0 Å². The molecule has 0 saturated heterocycles. The zero-order chi connectivity index (χ0) is 18.1. The maximum absolute atomic E-state index is 5.29. The quantitative estimate of drug-likeness (QED) is 0.399. The van der Waals surface area contributed by atoms with E-state index in [1.165, 1.54) is 44.2 Å². The summed E-state index contributed by atoms with van der Waals surface area (Å²) in [6.45, 7) is 4.33. The lowest BCUT2D eigenvalue weighted by Crippen LogP contribution is -1.89. The van der Waals surface area contributed by atoms with Gasteiger partial charge in [0.05, 0.1) is 7.11 Å². The molecule has 128 valence electrons. The summed E-state index contributed by atoms with van der Waals surface area (Å²) in [6.07, 6.45) is 0. The van der Waals surface area contributed by atoms with Crippen LogP contribution in [0.25, 0.3) is 33.0 Å². The molecule has 0 unspecified atom stereocenters. The first-order valence-corrected chi connectivity index (χ1v) is 8.91. The first-order valence-electron chi connectivity index (χ1n) is 8.91. The molecule has 0 aliphatic heterocycles. The zero-order valence-electron chi connectivity index (χ0n) is 15.4. The predicted molar refractivity (Wildman–Crippen MR) is 111 cm³/mol. The van der Waals surface area contributed by atoms with Gasteiger partial charge in [-0.2, -0.15) is 0 Å². The third kappa shape index (κ3) is 2.86. The second kappa shape index (κ2) is 6.68. The molecule has 4 aromatic rings. The largest absolute Gasteiger partial charge is 0.497 e. The summed E-state index contributed by atoms with van der Waals surface area (Å²) in [5.41, 5.74) is 7.65. The molecule has 0 atom stereocenters. The molecule has 0 aromatic heterocycles. The van der Waals surface area contributed by atoms with Gasteiger partial charge >= 0.3 is 0 Å². The molecule has 1 nitrogen and oxygen atoms in total. The second-order valence-electron chi connectivity index (χ2n) is 6.75. The number of aryl methyl sites for hydroxylation is 2. The number of rotatable bonds is 3. The van der Waals surface area contributed by atoms with Crippen LogP contribution in [-0.4, -0.2) is 7.11 Å². The Morgan fingerprint density at radius 3 is 1.88 bits per heavy atom. The first kappa shape index (κ1) is 16.4. The summed E-state index contributed by atoms with van der Waals surface area (Å²) in [5, 5.41) is 2.56. The average Bonchev–Trinajstić information content (AvgIpc) is 2.68. The summed E-state index contributed by atoms with van der Waals surface area (Å²) in [4.78, 5) is 0. The lowest BCUT2D eigenvalue weighted by Gasteiger charge is -2.14. The van der Waals surface area contributed by atoms with E-state index < -0.39 is 0 Å². The van der Waals surface area contributed by atoms with Crippen LogP contribution in [0.5, 0.6) is 5.75 Å². The minimum Gasteiger partial charge on any atom is -0.497 e. The molecule has 0 heterocycles. The van der Waals surface area contributed by atoms with Gasteiger partial charge < -0.3 is 4.74 Å². The van der Waals surface area contributed by atoms with Crippen molar-refractivity contribution in [2.75, 3.05) is 7.11 Å². The Hall–Kier alpha value is -3.06. The molecule has 4 rings (SSSR count). The van der Waals surface area contributed by atoms with Crippen LogP contribution in [0, 0.1) is 13.8 Å². The van der Waals surface area contributed by atoms with Crippen molar-refractivity contribution in [2.24, 2.45) is 0 Å². The van der Waals surface area contributed by atoms with E-state index >= 15 is 0 Å². The fraction of sp³-hybridized carbons (Fsp3) is 0.120. The smallest absolute Gasteiger partial charge is 0.118 e. The highest BCUT2D eigenvalue weighted by Crippen LogP contribution is 2.37. The van der Waals surface area contributed by atoms with Crippen molar-refractivity contribution in [3.63, 3.8) is 0 Å². The SMILES string of the molecule is COc1ccc(-c2ccc(-c3ccc(C)cc3C)c3ccccc23)cc1. The van der Waals surface area contributed by atoms with Gasteiger partial charge in [0.1, 0.15) is 5.75 Å². The third-order valence-electron chi connectivity index (χ3n) is 5.00. The van der Waals surface area contributed by atoms with Crippen molar-refractivity contribution in [1.82, 2.24) is 0 Å². The van der Waals surface area contributed by atoms with Crippen LogP contribution in [0.2, 0.25) is 0 Å². The maximum Gasteiger partial charge on any atom is 0.118 e. The van der Waals surface area contributed by atoms with E-state index in [0.717, 1.165) is 5.75 Å². The van der Waals surface area contributed by atoms with Gasteiger partial charge in [-0.05, 0) is 64.6 Å². The summed E-state index contributed by atoms with van der Waals surface area (Å²) in [7, 11) is 1.70. The van der Waals surface area contributed by atoms with Crippen molar-refractivity contribution in [3.05, 3.63) is 90.0 Å². The number of methoxy groups -OCH3 is 1. The van der Waals surface area contributed by atoms with Gasteiger partial charge in [-0.25, -0.2) is 0 Å². The van der Waals surface area contributed by atoms with E-state index in [-0.39, 0.29) is 0 Å². The first-order chi connectivity index (χ1) is 12.7. The minimum atomic E-state index is 0.880. The van der Waals surface area contributed by atoms with Crippen LogP contribution >= 0.6 is 0 Å². The average molecular weight is 338 g/mol. The van der Waals surface area contributed by atoms with Crippen LogP contribution in [0.4, 0.5) is 0 Å². The lowest BCUT2D eigenvalue weighted by atomic mass is 9.90. The number of hydrogen-bond donors (Lipinski definition) is 0. The molecule has 0 radical (unpaired) electrons. The molecule has 0 fully saturated rings. The monoisotopic (exact) mass is 338 g/mol. The van der Waals surface area contributed by atoms with Crippen LogP contribution < -0.4 is 4.74 Å². The van der Waals surface area contributed by atoms with E-state index in [1.807, 2.05) is 12.1 Å². The van der Waals surface area contributed by atoms with Gasteiger partial charge in [-0.1, -0.05) is 72.3 Å². The van der Waals surface area contributed by atoms with Gasteiger partial charge in [0.25, 0.3) is 0 Å². The van der Waals surface area contributed by atoms with E-state index in [0.29, 0.717) is 0 Å². The predicted octanol–water partition coefficient (Wildman–Crippen LogP) is 6.80. The summed E-state index contributed by atoms with van der Waals surface area (Å²) < 4.78 is 5.29. The fourth-order valence-electron chi connectivity index (χ4n) is 3.67. The molecule has 0 aliphatic rings.